The van der Waals surface area contributed by atoms with Crippen LogP contribution < -0.4 is 10.6 Å². The van der Waals surface area contributed by atoms with Crippen LogP contribution in [0.25, 0.3) is 0 Å². The average molecular weight is 316 g/mol. The zero-order chi connectivity index (χ0) is 17.4. The van der Waals surface area contributed by atoms with Gasteiger partial charge < -0.3 is 10.6 Å². The lowest BCUT2D eigenvalue weighted by molar-refractivity contribution is -0.121. The third kappa shape index (κ3) is 5.05. The third-order valence-electron chi connectivity index (χ3n) is 3.21. The molecule has 2 N–H and O–H groups in total. The van der Waals surface area contributed by atoms with Crippen LogP contribution >= 0.6 is 0 Å². The lowest BCUT2D eigenvalue weighted by Crippen LogP contribution is -2.17. The standard InChI is InChI=1S/C20H16N2O2/c1-3-15-7-5-9-17(13-15)21-19(23)11-12-20(24)22-18-10-6-8-16(4-2)14-18/h1-2,5-10,13-14H,11-12H2,(H,21,23)(H,22,24). The summed E-state index contributed by atoms with van der Waals surface area (Å²) in [5, 5.41) is 5.43. The van der Waals surface area contributed by atoms with E-state index in [1.54, 1.807) is 48.5 Å². The first-order chi connectivity index (χ1) is 11.6. The molecule has 0 aliphatic rings. The molecule has 2 aromatic carbocycles. The summed E-state index contributed by atoms with van der Waals surface area (Å²) in [5.41, 5.74) is 2.58. The second kappa shape index (κ2) is 8.22. The molecule has 0 radical (unpaired) electrons. The normalized spacial score (nSPS) is 9.42. The van der Waals surface area contributed by atoms with E-state index in [2.05, 4.69) is 22.5 Å². The number of terminal acetylenes is 2. The SMILES string of the molecule is C#Cc1cccc(NC(=O)CCC(=O)Nc2cccc(C#C)c2)c1. The van der Waals surface area contributed by atoms with E-state index in [9.17, 15) is 9.59 Å². The first kappa shape index (κ1) is 16.9. The number of benzene rings is 2. The Bertz CT molecular complexity index is 770. The molecule has 0 bridgehead atoms. The lowest BCUT2D eigenvalue weighted by Gasteiger charge is -2.07. The van der Waals surface area contributed by atoms with Gasteiger partial charge in [-0.3, -0.25) is 9.59 Å². The van der Waals surface area contributed by atoms with Gasteiger partial charge in [0.15, 0.2) is 0 Å². The summed E-state index contributed by atoms with van der Waals surface area (Å²) in [4.78, 5) is 23.8. The van der Waals surface area contributed by atoms with Crippen LogP contribution in [0.5, 0.6) is 0 Å². The zero-order valence-electron chi connectivity index (χ0n) is 13.0. The van der Waals surface area contributed by atoms with Gasteiger partial charge >= 0.3 is 0 Å². The van der Waals surface area contributed by atoms with Crippen molar-refractivity contribution in [2.75, 3.05) is 10.6 Å². The molecule has 4 nitrogen and oxygen atoms in total. The Balaban J connectivity index is 1.83. The highest BCUT2D eigenvalue weighted by Crippen LogP contribution is 2.12. The van der Waals surface area contributed by atoms with Crippen molar-refractivity contribution in [2.24, 2.45) is 0 Å². The Morgan fingerprint density at radius 1 is 0.792 bits per heavy atom. The zero-order valence-corrected chi connectivity index (χ0v) is 13.0. The molecule has 118 valence electrons. The van der Waals surface area contributed by atoms with Crippen molar-refractivity contribution in [1.29, 1.82) is 0 Å². The molecule has 0 aliphatic heterocycles. The van der Waals surface area contributed by atoms with Gasteiger partial charge in [0.2, 0.25) is 11.8 Å². The van der Waals surface area contributed by atoms with E-state index in [1.165, 1.54) is 0 Å². The molecule has 0 aromatic heterocycles. The fraction of sp³-hybridized carbons (Fsp3) is 0.100. The number of carbonyl (C=O) groups is 2. The molecule has 0 saturated heterocycles. The molecular weight excluding hydrogens is 300 g/mol. The predicted octanol–water partition coefficient (Wildman–Crippen LogP) is 3.01. The van der Waals surface area contributed by atoms with Crippen LogP contribution in [0.15, 0.2) is 48.5 Å². The van der Waals surface area contributed by atoms with E-state index in [0.29, 0.717) is 22.5 Å². The van der Waals surface area contributed by atoms with Crippen LogP contribution in [0.3, 0.4) is 0 Å². The van der Waals surface area contributed by atoms with Gasteiger partial charge in [-0.2, -0.15) is 0 Å². The Labute approximate surface area is 141 Å². The fourth-order valence-corrected chi connectivity index (χ4v) is 2.05. The van der Waals surface area contributed by atoms with Crippen LogP contribution in [0.1, 0.15) is 24.0 Å². The highest BCUT2D eigenvalue weighted by atomic mass is 16.2. The molecule has 0 fully saturated rings. The molecule has 2 rings (SSSR count). The summed E-state index contributed by atoms with van der Waals surface area (Å²) < 4.78 is 0. The summed E-state index contributed by atoms with van der Waals surface area (Å²) in [7, 11) is 0. The smallest absolute Gasteiger partial charge is 0.224 e. The number of amides is 2. The molecule has 4 heteroatoms. The van der Waals surface area contributed by atoms with Crippen LogP contribution in [-0.4, -0.2) is 11.8 Å². The van der Waals surface area contributed by atoms with Gasteiger partial charge in [0.05, 0.1) is 0 Å². The number of hydrogen-bond acceptors (Lipinski definition) is 2. The Hall–Kier alpha value is -3.50. The largest absolute Gasteiger partial charge is 0.326 e. The molecular formula is C20H16N2O2. The minimum absolute atomic E-state index is 0.0704. The maximum absolute atomic E-state index is 11.9. The molecule has 0 atom stereocenters. The van der Waals surface area contributed by atoms with Crippen molar-refractivity contribution in [3.05, 3.63) is 59.7 Å². The number of hydrogen-bond donors (Lipinski definition) is 2. The average Bonchev–Trinajstić information content (AvgIpc) is 2.60. The minimum Gasteiger partial charge on any atom is -0.326 e. The molecule has 0 unspecified atom stereocenters. The topological polar surface area (TPSA) is 58.2 Å². The van der Waals surface area contributed by atoms with Gasteiger partial charge in [-0.1, -0.05) is 24.0 Å². The van der Waals surface area contributed by atoms with Crippen molar-refractivity contribution in [1.82, 2.24) is 0 Å². The number of nitrogens with one attached hydrogen (secondary N) is 2. The van der Waals surface area contributed by atoms with Gasteiger partial charge in [-0.05, 0) is 36.4 Å². The van der Waals surface area contributed by atoms with Crippen molar-refractivity contribution < 1.29 is 9.59 Å². The van der Waals surface area contributed by atoms with Crippen molar-refractivity contribution >= 4 is 23.2 Å². The van der Waals surface area contributed by atoms with Gasteiger partial charge in [0.25, 0.3) is 0 Å². The maximum atomic E-state index is 11.9. The van der Waals surface area contributed by atoms with Crippen LogP contribution in [-0.2, 0) is 9.59 Å². The first-order valence-electron chi connectivity index (χ1n) is 7.34. The summed E-state index contributed by atoms with van der Waals surface area (Å²) in [5.74, 6) is 4.49. The summed E-state index contributed by atoms with van der Waals surface area (Å²) in [6.07, 6.45) is 10.8. The molecule has 0 aliphatic carbocycles. The van der Waals surface area contributed by atoms with Crippen LogP contribution in [0, 0.1) is 24.7 Å². The molecule has 0 heterocycles. The van der Waals surface area contributed by atoms with E-state index in [4.69, 9.17) is 12.8 Å². The first-order valence-corrected chi connectivity index (χ1v) is 7.34. The van der Waals surface area contributed by atoms with Gasteiger partial charge in [-0.15, -0.1) is 12.8 Å². The third-order valence-corrected chi connectivity index (χ3v) is 3.21. The van der Waals surface area contributed by atoms with Gasteiger partial charge in [-0.25, -0.2) is 0 Å². The Kier molecular flexibility index (Phi) is 5.77. The number of rotatable bonds is 5. The minimum atomic E-state index is -0.253. The second-order valence-electron chi connectivity index (χ2n) is 5.05. The Morgan fingerprint density at radius 3 is 1.58 bits per heavy atom. The van der Waals surface area contributed by atoms with Crippen LogP contribution in [0.4, 0.5) is 11.4 Å². The van der Waals surface area contributed by atoms with E-state index >= 15 is 0 Å². The Morgan fingerprint density at radius 2 is 1.21 bits per heavy atom. The molecule has 2 amide bonds. The molecule has 0 spiro atoms. The van der Waals surface area contributed by atoms with Crippen molar-refractivity contribution in [3.8, 4) is 24.7 Å². The van der Waals surface area contributed by atoms with Crippen molar-refractivity contribution in [3.63, 3.8) is 0 Å². The lowest BCUT2D eigenvalue weighted by atomic mass is 10.2. The second-order valence-corrected chi connectivity index (χ2v) is 5.05. The van der Waals surface area contributed by atoms with E-state index < -0.39 is 0 Å². The molecule has 24 heavy (non-hydrogen) atoms. The van der Waals surface area contributed by atoms with Gasteiger partial charge in [0.1, 0.15) is 0 Å². The van der Waals surface area contributed by atoms with E-state index in [1.807, 2.05) is 0 Å². The highest BCUT2D eigenvalue weighted by molar-refractivity contribution is 5.96. The summed E-state index contributed by atoms with van der Waals surface area (Å²) in [6.45, 7) is 0. The summed E-state index contributed by atoms with van der Waals surface area (Å²) in [6, 6.07) is 13.9. The maximum Gasteiger partial charge on any atom is 0.224 e. The molecule has 0 saturated carbocycles. The van der Waals surface area contributed by atoms with E-state index in [-0.39, 0.29) is 24.7 Å². The number of anilines is 2. The highest BCUT2D eigenvalue weighted by Gasteiger charge is 2.08. The van der Waals surface area contributed by atoms with Crippen LogP contribution in [0.2, 0.25) is 0 Å². The van der Waals surface area contributed by atoms with E-state index in [0.717, 1.165) is 0 Å². The molecule has 2 aromatic rings. The fourth-order valence-electron chi connectivity index (χ4n) is 2.05. The summed E-state index contributed by atoms with van der Waals surface area (Å²) >= 11 is 0. The quantitative estimate of drug-likeness (QED) is 0.833. The van der Waals surface area contributed by atoms with Crippen molar-refractivity contribution in [2.45, 2.75) is 12.8 Å². The van der Waals surface area contributed by atoms with Gasteiger partial charge in [0, 0.05) is 35.3 Å². The monoisotopic (exact) mass is 316 g/mol. The predicted molar refractivity (Wildman–Crippen MR) is 95.2 cm³/mol. The number of carbonyl (C=O) groups excluding carboxylic acids is 2.